The first-order valence-corrected chi connectivity index (χ1v) is 5.20. The Hall–Kier alpha value is -0.720. The zero-order valence-electron chi connectivity index (χ0n) is 8.75. The molecule has 3 atom stereocenters. The van der Waals surface area contributed by atoms with Crippen molar-refractivity contribution in [2.75, 3.05) is 0 Å². The summed E-state index contributed by atoms with van der Waals surface area (Å²) < 4.78 is 0. The first kappa shape index (κ1) is 8.86. The predicted molar refractivity (Wildman–Crippen MR) is 56.0 cm³/mol. The summed E-state index contributed by atoms with van der Waals surface area (Å²) in [5.41, 5.74) is 7.42. The van der Waals surface area contributed by atoms with Crippen molar-refractivity contribution in [3.05, 3.63) is 23.9 Å². The third-order valence-corrected chi connectivity index (χ3v) is 4.01. The van der Waals surface area contributed by atoms with E-state index in [1.165, 1.54) is 12.0 Å². The van der Waals surface area contributed by atoms with E-state index in [0.717, 1.165) is 17.8 Å². The van der Waals surface area contributed by atoms with Crippen molar-refractivity contribution in [1.82, 2.24) is 0 Å². The van der Waals surface area contributed by atoms with E-state index >= 15 is 0 Å². The van der Waals surface area contributed by atoms with Gasteiger partial charge in [-0.3, -0.25) is 0 Å². The lowest BCUT2D eigenvalue weighted by Gasteiger charge is -2.38. The molecule has 0 aromatic rings. The van der Waals surface area contributed by atoms with Crippen LogP contribution < -0.4 is 5.73 Å². The smallest absolute Gasteiger partial charge is 0.0145 e. The molecule has 0 unspecified atom stereocenters. The summed E-state index contributed by atoms with van der Waals surface area (Å²) in [6.45, 7) is 6.95. The van der Waals surface area contributed by atoms with Gasteiger partial charge < -0.3 is 5.73 Å². The average molecular weight is 177 g/mol. The van der Waals surface area contributed by atoms with Crippen molar-refractivity contribution in [2.24, 2.45) is 28.9 Å². The minimum Gasteiger partial charge on any atom is -0.405 e. The van der Waals surface area contributed by atoms with Crippen LogP contribution in [0.4, 0.5) is 0 Å². The van der Waals surface area contributed by atoms with E-state index in [9.17, 15) is 0 Å². The molecule has 2 aliphatic carbocycles. The molecule has 0 aromatic heterocycles. The monoisotopic (exact) mass is 177 g/mol. The van der Waals surface area contributed by atoms with Gasteiger partial charge in [-0.05, 0) is 35.9 Å². The van der Waals surface area contributed by atoms with Gasteiger partial charge in [0.15, 0.2) is 0 Å². The Morgan fingerprint density at radius 2 is 2.31 bits per heavy atom. The molecule has 0 saturated heterocycles. The molecule has 0 spiro atoms. The molecule has 0 heterocycles. The summed E-state index contributed by atoms with van der Waals surface area (Å²) in [5.74, 6) is 2.33. The van der Waals surface area contributed by atoms with Crippen molar-refractivity contribution >= 4 is 0 Å². The van der Waals surface area contributed by atoms with Crippen molar-refractivity contribution in [3.8, 4) is 0 Å². The molecule has 1 saturated carbocycles. The number of nitrogens with two attached hydrogens (primary N) is 1. The molecule has 1 heteroatoms. The fraction of sp³-hybridized carbons (Fsp3) is 0.667. The molecule has 0 bridgehead atoms. The van der Waals surface area contributed by atoms with Crippen molar-refractivity contribution in [3.63, 3.8) is 0 Å². The van der Waals surface area contributed by atoms with E-state index in [0.29, 0.717) is 5.41 Å². The van der Waals surface area contributed by atoms with Gasteiger partial charge in [-0.15, -0.1) is 0 Å². The molecule has 2 aliphatic rings. The van der Waals surface area contributed by atoms with Crippen molar-refractivity contribution < 1.29 is 0 Å². The Labute approximate surface area is 80.7 Å². The van der Waals surface area contributed by atoms with E-state index in [1.54, 1.807) is 0 Å². The molecule has 2 rings (SSSR count). The second-order valence-electron chi connectivity index (χ2n) is 4.97. The lowest BCUT2D eigenvalue weighted by Crippen LogP contribution is -2.31. The SMILES string of the molecule is CC(C)[C@@H]1C/C(=C\N)[C@]2(C)C=C[C@@H]12. The highest BCUT2D eigenvalue weighted by molar-refractivity contribution is 5.37. The number of fused-ring (bicyclic) bond motifs is 1. The third kappa shape index (κ3) is 0.993. The van der Waals surface area contributed by atoms with Crippen LogP contribution in [0.1, 0.15) is 27.2 Å². The van der Waals surface area contributed by atoms with Gasteiger partial charge in [0.05, 0.1) is 0 Å². The van der Waals surface area contributed by atoms with E-state index in [-0.39, 0.29) is 0 Å². The third-order valence-electron chi connectivity index (χ3n) is 4.01. The largest absolute Gasteiger partial charge is 0.405 e. The molecule has 2 N–H and O–H groups in total. The van der Waals surface area contributed by atoms with Crippen LogP contribution in [0.15, 0.2) is 23.9 Å². The highest BCUT2D eigenvalue weighted by Gasteiger charge is 2.50. The second-order valence-corrected chi connectivity index (χ2v) is 4.97. The number of hydrogen-bond acceptors (Lipinski definition) is 1. The Morgan fingerprint density at radius 1 is 1.62 bits per heavy atom. The topological polar surface area (TPSA) is 26.0 Å². The Bertz CT molecular complexity index is 275. The minimum absolute atomic E-state index is 0.309. The summed E-state index contributed by atoms with van der Waals surface area (Å²) in [6.07, 6.45) is 7.71. The van der Waals surface area contributed by atoms with Crippen molar-refractivity contribution in [2.45, 2.75) is 27.2 Å². The predicted octanol–water partition coefficient (Wildman–Crippen LogP) is 2.70. The van der Waals surface area contributed by atoms with Crippen LogP contribution in [-0.2, 0) is 0 Å². The Kier molecular flexibility index (Phi) is 1.79. The van der Waals surface area contributed by atoms with Crippen LogP contribution >= 0.6 is 0 Å². The number of hydrogen-bond donors (Lipinski definition) is 1. The van der Waals surface area contributed by atoms with Crippen LogP contribution in [0.25, 0.3) is 0 Å². The fourth-order valence-corrected chi connectivity index (χ4v) is 2.90. The molecular formula is C12H19N. The van der Waals surface area contributed by atoms with Gasteiger partial charge in [-0.1, -0.05) is 32.9 Å². The van der Waals surface area contributed by atoms with Gasteiger partial charge in [0.2, 0.25) is 0 Å². The Morgan fingerprint density at radius 3 is 2.54 bits per heavy atom. The van der Waals surface area contributed by atoms with E-state index in [2.05, 4.69) is 32.9 Å². The van der Waals surface area contributed by atoms with Gasteiger partial charge in [0.25, 0.3) is 0 Å². The summed E-state index contributed by atoms with van der Waals surface area (Å²) in [6, 6.07) is 0. The quantitative estimate of drug-likeness (QED) is 0.612. The van der Waals surface area contributed by atoms with Gasteiger partial charge in [-0.2, -0.15) is 0 Å². The number of rotatable bonds is 1. The standard InChI is InChI=1S/C12H19N/c1-8(2)10-6-9(7-13)12(3)5-4-11(10)12/h4-5,7-8,10-11H,6,13H2,1-3H3/b9-7+/t10-,11-,12-/m0/s1. The highest BCUT2D eigenvalue weighted by atomic mass is 14.6. The normalized spacial score (nSPS) is 45.4. The summed E-state index contributed by atoms with van der Waals surface area (Å²) in [4.78, 5) is 0. The van der Waals surface area contributed by atoms with Crippen LogP contribution in [0.3, 0.4) is 0 Å². The maximum absolute atomic E-state index is 5.67. The second kappa shape index (κ2) is 2.63. The molecule has 0 aliphatic heterocycles. The van der Waals surface area contributed by atoms with Gasteiger partial charge in [-0.25, -0.2) is 0 Å². The molecule has 72 valence electrons. The van der Waals surface area contributed by atoms with E-state index in [4.69, 9.17) is 5.73 Å². The zero-order valence-corrected chi connectivity index (χ0v) is 8.75. The van der Waals surface area contributed by atoms with Crippen LogP contribution in [-0.4, -0.2) is 0 Å². The lowest BCUT2D eigenvalue weighted by molar-refractivity contribution is 0.244. The van der Waals surface area contributed by atoms with Gasteiger partial charge in [0, 0.05) is 5.41 Å². The Balaban J connectivity index is 2.30. The number of allylic oxidation sites excluding steroid dienone is 3. The molecule has 1 nitrogen and oxygen atoms in total. The summed E-state index contributed by atoms with van der Waals surface area (Å²) in [7, 11) is 0. The van der Waals surface area contributed by atoms with E-state index in [1.807, 2.05) is 6.20 Å². The van der Waals surface area contributed by atoms with Crippen LogP contribution in [0.2, 0.25) is 0 Å². The molecular weight excluding hydrogens is 158 g/mol. The minimum atomic E-state index is 0.309. The lowest BCUT2D eigenvalue weighted by atomic mass is 9.65. The molecule has 0 amide bonds. The first-order chi connectivity index (χ1) is 6.09. The molecule has 0 radical (unpaired) electrons. The average Bonchev–Trinajstić information content (AvgIpc) is 2.25. The van der Waals surface area contributed by atoms with Gasteiger partial charge >= 0.3 is 0 Å². The molecule has 13 heavy (non-hydrogen) atoms. The molecule has 1 fully saturated rings. The molecule has 0 aromatic carbocycles. The van der Waals surface area contributed by atoms with E-state index < -0.39 is 0 Å². The maximum Gasteiger partial charge on any atom is 0.0145 e. The summed E-state index contributed by atoms with van der Waals surface area (Å²) in [5, 5.41) is 0. The zero-order chi connectivity index (χ0) is 9.64. The maximum atomic E-state index is 5.67. The van der Waals surface area contributed by atoms with Crippen molar-refractivity contribution in [1.29, 1.82) is 0 Å². The van der Waals surface area contributed by atoms with Gasteiger partial charge in [0.1, 0.15) is 0 Å². The van der Waals surface area contributed by atoms with Crippen LogP contribution in [0, 0.1) is 23.2 Å². The summed E-state index contributed by atoms with van der Waals surface area (Å²) >= 11 is 0. The highest BCUT2D eigenvalue weighted by Crippen LogP contribution is 2.59. The fourth-order valence-electron chi connectivity index (χ4n) is 2.90. The van der Waals surface area contributed by atoms with Crippen LogP contribution in [0.5, 0.6) is 0 Å². The first-order valence-electron chi connectivity index (χ1n) is 5.20.